The Labute approximate surface area is 209 Å². The van der Waals surface area contributed by atoms with Gasteiger partial charge in [0.25, 0.3) is 5.91 Å². The van der Waals surface area contributed by atoms with Gasteiger partial charge in [-0.15, -0.1) is 11.3 Å². The van der Waals surface area contributed by atoms with Crippen LogP contribution < -0.4 is 10.1 Å². The highest BCUT2D eigenvalue weighted by atomic mass is 32.1. The summed E-state index contributed by atoms with van der Waals surface area (Å²) in [5, 5.41) is 9.64. The van der Waals surface area contributed by atoms with Gasteiger partial charge in [0.15, 0.2) is 0 Å². The number of benzene rings is 2. The topological polar surface area (TPSA) is 76.5 Å². The fraction of sp³-hybridized carbons (Fsp3) is 0.222. The molecular weight excluding hydrogens is 460 g/mol. The van der Waals surface area contributed by atoms with Crippen LogP contribution >= 0.6 is 11.3 Å². The van der Waals surface area contributed by atoms with Crippen LogP contribution in [0.1, 0.15) is 29.2 Å². The summed E-state index contributed by atoms with van der Waals surface area (Å²) in [6.07, 6.45) is 0. The van der Waals surface area contributed by atoms with Gasteiger partial charge in [-0.3, -0.25) is 9.59 Å². The van der Waals surface area contributed by atoms with Gasteiger partial charge in [-0.2, -0.15) is 5.10 Å². The van der Waals surface area contributed by atoms with Crippen molar-refractivity contribution >= 4 is 29.0 Å². The average molecular weight is 489 g/mol. The summed E-state index contributed by atoms with van der Waals surface area (Å²) in [7, 11) is 1.62. The highest BCUT2D eigenvalue weighted by Gasteiger charge is 2.25. The molecular formula is C27H28N4O3S. The van der Waals surface area contributed by atoms with Gasteiger partial charge in [0.05, 0.1) is 23.4 Å². The second-order valence-electron chi connectivity index (χ2n) is 8.34. The highest BCUT2D eigenvalue weighted by Crippen LogP contribution is 2.33. The zero-order valence-corrected chi connectivity index (χ0v) is 21.0. The molecule has 2 aromatic heterocycles. The number of amides is 2. The van der Waals surface area contributed by atoms with E-state index in [0.29, 0.717) is 10.7 Å². The minimum absolute atomic E-state index is 0.0739. The molecule has 4 aromatic rings. The lowest BCUT2D eigenvalue weighted by Gasteiger charge is -2.25. The van der Waals surface area contributed by atoms with E-state index in [1.54, 1.807) is 22.8 Å². The Morgan fingerprint density at radius 2 is 1.77 bits per heavy atom. The van der Waals surface area contributed by atoms with Crippen molar-refractivity contribution < 1.29 is 14.3 Å². The number of carbonyl (C=O) groups is 2. The normalized spacial score (nSPS) is 10.9. The van der Waals surface area contributed by atoms with Gasteiger partial charge in [0.2, 0.25) is 5.91 Å². The molecule has 7 nitrogen and oxygen atoms in total. The SMILES string of the molecule is COc1ccc(-n2nc(C)c(-c3ccccc3)c2NC(=O)CN(C(=O)c2cccs2)C(C)C)cc1. The number of thiophene rings is 1. The molecule has 0 atom stereocenters. The van der Waals surface area contributed by atoms with Crippen molar-refractivity contribution in [2.24, 2.45) is 0 Å². The lowest BCUT2D eigenvalue weighted by Crippen LogP contribution is -2.42. The number of hydrogen-bond acceptors (Lipinski definition) is 5. The van der Waals surface area contributed by atoms with Gasteiger partial charge in [0, 0.05) is 11.6 Å². The molecule has 0 aliphatic rings. The lowest BCUT2D eigenvalue weighted by atomic mass is 10.1. The molecule has 1 N–H and O–H groups in total. The van der Waals surface area contributed by atoms with E-state index in [9.17, 15) is 9.59 Å². The van der Waals surface area contributed by atoms with E-state index in [0.717, 1.165) is 28.3 Å². The molecule has 35 heavy (non-hydrogen) atoms. The number of hydrogen-bond donors (Lipinski definition) is 1. The Morgan fingerprint density at radius 1 is 1.06 bits per heavy atom. The van der Waals surface area contributed by atoms with Gasteiger partial charge in [-0.1, -0.05) is 36.4 Å². The quantitative estimate of drug-likeness (QED) is 0.360. The molecule has 0 aliphatic carbocycles. The first kappa shape index (κ1) is 24.2. The van der Waals surface area contributed by atoms with Gasteiger partial charge in [-0.05, 0) is 62.0 Å². The molecule has 2 amide bonds. The molecule has 180 valence electrons. The van der Waals surface area contributed by atoms with Gasteiger partial charge in [0.1, 0.15) is 18.1 Å². The average Bonchev–Trinajstić information content (AvgIpc) is 3.51. The number of aryl methyl sites for hydroxylation is 1. The molecule has 0 unspecified atom stereocenters. The molecule has 0 saturated heterocycles. The second kappa shape index (κ2) is 10.6. The molecule has 0 bridgehead atoms. The largest absolute Gasteiger partial charge is 0.497 e. The summed E-state index contributed by atoms with van der Waals surface area (Å²) < 4.78 is 7.00. The minimum atomic E-state index is -0.296. The number of ether oxygens (including phenoxy) is 1. The van der Waals surface area contributed by atoms with Crippen LogP contribution in [-0.2, 0) is 4.79 Å². The van der Waals surface area contributed by atoms with E-state index in [1.807, 2.05) is 86.8 Å². The van der Waals surface area contributed by atoms with Crippen LogP contribution in [0.4, 0.5) is 5.82 Å². The van der Waals surface area contributed by atoms with Crippen LogP contribution in [0.15, 0.2) is 72.1 Å². The lowest BCUT2D eigenvalue weighted by molar-refractivity contribution is -0.117. The van der Waals surface area contributed by atoms with E-state index in [4.69, 9.17) is 9.84 Å². The van der Waals surface area contributed by atoms with E-state index < -0.39 is 0 Å². The summed E-state index contributed by atoms with van der Waals surface area (Å²) in [5.41, 5.74) is 3.32. The monoisotopic (exact) mass is 488 g/mol. The number of nitrogens with zero attached hydrogens (tertiary/aromatic N) is 3. The number of methoxy groups -OCH3 is 1. The fourth-order valence-electron chi connectivity index (χ4n) is 3.86. The number of aromatic nitrogens is 2. The first-order valence-electron chi connectivity index (χ1n) is 11.3. The second-order valence-corrected chi connectivity index (χ2v) is 9.28. The molecule has 0 radical (unpaired) electrons. The van der Waals surface area contributed by atoms with E-state index in [1.165, 1.54) is 11.3 Å². The Balaban J connectivity index is 1.70. The molecule has 8 heteroatoms. The summed E-state index contributed by atoms with van der Waals surface area (Å²) in [6.45, 7) is 5.65. The van der Waals surface area contributed by atoms with Crippen LogP contribution in [0, 0.1) is 6.92 Å². The Kier molecular flexibility index (Phi) is 7.31. The van der Waals surface area contributed by atoms with Crippen molar-refractivity contribution in [2.45, 2.75) is 26.8 Å². The van der Waals surface area contributed by atoms with Crippen LogP contribution in [-0.4, -0.2) is 46.2 Å². The van der Waals surface area contributed by atoms with Crippen LogP contribution in [0.5, 0.6) is 5.75 Å². The number of carbonyl (C=O) groups excluding carboxylic acids is 2. The van der Waals surface area contributed by atoms with Gasteiger partial charge in [-0.25, -0.2) is 4.68 Å². The predicted molar refractivity (Wildman–Crippen MR) is 139 cm³/mol. The van der Waals surface area contributed by atoms with Crippen molar-refractivity contribution in [3.63, 3.8) is 0 Å². The zero-order chi connectivity index (χ0) is 24.9. The highest BCUT2D eigenvalue weighted by molar-refractivity contribution is 7.12. The predicted octanol–water partition coefficient (Wildman–Crippen LogP) is 5.41. The standard InChI is InChI=1S/C27H28N4O3S/c1-18(2)30(27(33)23-11-8-16-35-23)17-24(32)28-26-25(20-9-6-5-7-10-20)19(3)29-31(26)21-12-14-22(34-4)15-13-21/h5-16,18H,17H2,1-4H3,(H,28,32). The first-order chi connectivity index (χ1) is 16.9. The van der Waals surface area contributed by atoms with Crippen LogP contribution in [0.3, 0.4) is 0 Å². The van der Waals surface area contributed by atoms with Crippen molar-refractivity contribution in [2.75, 3.05) is 19.0 Å². The third kappa shape index (κ3) is 5.27. The van der Waals surface area contributed by atoms with Crippen molar-refractivity contribution in [1.29, 1.82) is 0 Å². The maximum atomic E-state index is 13.3. The summed E-state index contributed by atoms with van der Waals surface area (Å²) >= 11 is 1.37. The van der Waals surface area contributed by atoms with E-state index in [-0.39, 0.29) is 24.4 Å². The Morgan fingerprint density at radius 3 is 2.37 bits per heavy atom. The van der Waals surface area contributed by atoms with Crippen LogP contribution in [0.2, 0.25) is 0 Å². The van der Waals surface area contributed by atoms with Gasteiger partial charge < -0.3 is 15.0 Å². The summed E-state index contributed by atoms with van der Waals surface area (Å²) in [4.78, 5) is 28.5. The molecule has 2 heterocycles. The maximum absolute atomic E-state index is 13.3. The molecule has 0 saturated carbocycles. The van der Waals surface area contributed by atoms with Crippen molar-refractivity contribution in [3.05, 3.63) is 82.7 Å². The van der Waals surface area contributed by atoms with Crippen LogP contribution in [0.25, 0.3) is 16.8 Å². The molecule has 0 spiro atoms. The number of rotatable bonds is 8. The van der Waals surface area contributed by atoms with Crippen molar-refractivity contribution in [3.8, 4) is 22.6 Å². The zero-order valence-electron chi connectivity index (χ0n) is 20.2. The van der Waals surface area contributed by atoms with Crippen molar-refractivity contribution in [1.82, 2.24) is 14.7 Å². The van der Waals surface area contributed by atoms with E-state index in [2.05, 4.69) is 5.32 Å². The third-order valence-corrected chi connectivity index (χ3v) is 6.49. The maximum Gasteiger partial charge on any atom is 0.264 e. The first-order valence-corrected chi connectivity index (χ1v) is 12.2. The molecule has 2 aromatic carbocycles. The smallest absolute Gasteiger partial charge is 0.264 e. The molecule has 0 fully saturated rings. The Hall–Kier alpha value is -3.91. The molecule has 0 aliphatic heterocycles. The van der Waals surface area contributed by atoms with Gasteiger partial charge >= 0.3 is 0 Å². The third-order valence-electron chi connectivity index (χ3n) is 5.63. The van der Waals surface area contributed by atoms with E-state index >= 15 is 0 Å². The number of anilines is 1. The molecule has 4 rings (SSSR count). The Bertz CT molecular complexity index is 1300. The summed E-state index contributed by atoms with van der Waals surface area (Å²) in [6, 6.07) is 20.7. The number of nitrogens with one attached hydrogen (secondary N) is 1. The summed E-state index contributed by atoms with van der Waals surface area (Å²) in [5.74, 6) is 0.825. The fourth-order valence-corrected chi connectivity index (χ4v) is 4.54. The minimum Gasteiger partial charge on any atom is -0.497 e.